The molecule has 1 saturated carbocycles. The van der Waals surface area contributed by atoms with Gasteiger partial charge in [0.05, 0.1) is 5.69 Å². The van der Waals surface area contributed by atoms with E-state index in [0.717, 1.165) is 11.5 Å². The maximum atomic E-state index is 5.65. The Bertz CT molecular complexity index is 340. The second kappa shape index (κ2) is 3.69. The molecule has 1 aromatic rings. The van der Waals surface area contributed by atoms with Gasteiger partial charge in [0, 0.05) is 12.1 Å². The molecule has 0 unspecified atom stereocenters. The number of hydrogen-bond acceptors (Lipinski definition) is 3. The summed E-state index contributed by atoms with van der Waals surface area (Å²) in [6, 6.07) is 2.39. The van der Waals surface area contributed by atoms with Crippen LogP contribution in [0.4, 0.5) is 0 Å². The lowest BCUT2D eigenvalue weighted by Crippen LogP contribution is -2.33. The lowest BCUT2D eigenvalue weighted by Gasteiger charge is -2.00. The fourth-order valence-electron chi connectivity index (χ4n) is 1.14. The van der Waals surface area contributed by atoms with Crippen LogP contribution < -0.4 is 11.1 Å². The van der Waals surface area contributed by atoms with Gasteiger partial charge in [-0.3, -0.25) is 0 Å². The molecular weight excluding hydrogens is 180 g/mol. The zero-order valence-corrected chi connectivity index (χ0v) is 8.16. The first-order valence-electron chi connectivity index (χ1n) is 4.72. The Morgan fingerprint density at radius 3 is 3.14 bits per heavy atom. The third kappa shape index (κ3) is 2.48. The molecule has 76 valence electrons. The van der Waals surface area contributed by atoms with Gasteiger partial charge in [0.25, 0.3) is 0 Å². The minimum absolute atomic E-state index is 0.451. The molecule has 5 nitrogen and oxygen atoms in total. The summed E-state index contributed by atoms with van der Waals surface area (Å²) in [6.07, 6.45) is 2.38. The molecule has 1 fully saturated rings. The highest BCUT2D eigenvalue weighted by molar-refractivity contribution is 5.78. The van der Waals surface area contributed by atoms with Gasteiger partial charge in [-0.2, -0.15) is 0 Å². The number of nitrogens with zero attached hydrogens (tertiary/aromatic N) is 2. The average Bonchev–Trinajstić information content (AvgIpc) is 2.85. The highest BCUT2D eigenvalue weighted by atomic mass is 16.5. The number of aryl methyl sites for hydroxylation is 1. The van der Waals surface area contributed by atoms with Crippen molar-refractivity contribution in [2.45, 2.75) is 32.4 Å². The van der Waals surface area contributed by atoms with Gasteiger partial charge in [0.2, 0.25) is 0 Å². The molecule has 0 saturated heterocycles. The molecule has 0 amide bonds. The molecular formula is C9H14N4O. The number of nitrogens with one attached hydrogen (secondary N) is 1. The highest BCUT2D eigenvalue weighted by Crippen LogP contribution is 2.18. The van der Waals surface area contributed by atoms with Crippen LogP contribution in [-0.4, -0.2) is 17.2 Å². The van der Waals surface area contributed by atoms with Crippen LogP contribution in [0.15, 0.2) is 15.6 Å². The van der Waals surface area contributed by atoms with Crippen LogP contribution in [0.1, 0.15) is 24.3 Å². The lowest BCUT2D eigenvalue weighted by atomic mass is 10.4. The average molecular weight is 194 g/mol. The number of rotatable bonds is 3. The standard InChI is InChI=1S/C9H14N4O/c1-6-4-8(14-13-6)5-11-9(10)12-7-2-3-7/h4,7H,2-3,5H2,1H3,(H3,10,11,12). The molecule has 1 heterocycles. The van der Waals surface area contributed by atoms with Gasteiger partial charge in [-0.25, -0.2) is 4.99 Å². The van der Waals surface area contributed by atoms with E-state index in [1.807, 2.05) is 13.0 Å². The second-order valence-corrected chi connectivity index (χ2v) is 3.55. The van der Waals surface area contributed by atoms with Crippen LogP contribution in [0.25, 0.3) is 0 Å². The van der Waals surface area contributed by atoms with E-state index in [0.29, 0.717) is 18.5 Å². The van der Waals surface area contributed by atoms with Gasteiger partial charge >= 0.3 is 0 Å². The topological polar surface area (TPSA) is 76.4 Å². The summed E-state index contributed by atoms with van der Waals surface area (Å²) in [7, 11) is 0. The van der Waals surface area contributed by atoms with Crippen molar-refractivity contribution in [1.82, 2.24) is 10.5 Å². The lowest BCUT2D eigenvalue weighted by molar-refractivity contribution is 0.381. The van der Waals surface area contributed by atoms with Crippen LogP contribution in [0.3, 0.4) is 0 Å². The van der Waals surface area contributed by atoms with Gasteiger partial charge in [0.1, 0.15) is 6.54 Å². The molecule has 3 N–H and O–H groups in total. The summed E-state index contributed by atoms with van der Waals surface area (Å²) in [5.41, 5.74) is 6.51. The zero-order chi connectivity index (χ0) is 9.97. The van der Waals surface area contributed by atoms with E-state index in [1.54, 1.807) is 0 Å². The van der Waals surface area contributed by atoms with E-state index in [4.69, 9.17) is 10.3 Å². The van der Waals surface area contributed by atoms with Crippen LogP contribution in [0.5, 0.6) is 0 Å². The summed E-state index contributed by atoms with van der Waals surface area (Å²) in [5, 5.41) is 6.86. The molecule has 14 heavy (non-hydrogen) atoms. The molecule has 1 aliphatic rings. The van der Waals surface area contributed by atoms with E-state index in [2.05, 4.69) is 15.5 Å². The first-order valence-corrected chi connectivity index (χ1v) is 4.72. The predicted octanol–water partition coefficient (Wildman–Crippen LogP) is 0.550. The molecule has 0 aromatic carbocycles. The van der Waals surface area contributed by atoms with Crippen molar-refractivity contribution in [1.29, 1.82) is 0 Å². The molecule has 0 bridgehead atoms. The Balaban J connectivity index is 1.84. The minimum Gasteiger partial charge on any atom is -0.370 e. The summed E-state index contributed by atoms with van der Waals surface area (Å²) in [4.78, 5) is 4.14. The molecule has 5 heteroatoms. The van der Waals surface area contributed by atoms with Crippen LogP contribution in [-0.2, 0) is 6.54 Å². The molecule has 0 atom stereocenters. The molecule has 0 aliphatic heterocycles. The summed E-state index contributed by atoms with van der Waals surface area (Å²) in [5.74, 6) is 1.23. The van der Waals surface area contributed by atoms with E-state index >= 15 is 0 Å². The van der Waals surface area contributed by atoms with Crippen molar-refractivity contribution in [2.24, 2.45) is 10.7 Å². The van der Waals surface area contributed by atoms with Crippen molar-refractivity contribution < 1.29 is 4.52 Å². The third-order valence-corrected chi connectivity index (χ3v) is 2.01. The van der Waals surface area contributed by atoms with Crippen molar-refractivity contribution in [2.75, 3.05) is 0 Å². The van der Waals surface area contributed by atoms with Crippen molar-refractivity contribution >= 4 is 5.96 Å². The summed E-state index contributed by atoms with van der Waals surface area (Å²) >= 11 is 0. The Hall–Kier alpha value is -1.52. The molecule has 0 spiro atoms. The molecule has 2 rings (SSSR count). The van der Waals surface area contributed by atoms with Crippen molar-refractivity contribution in [3.05, 3.63) is 17.5 Å². The highest BCUT2D eigenvalue weighted by Gasteiger charge is 2.21. The van der Waals surface area contributed by atoms with Gasteiger partial charge in [-0.15, -0.1) is 0 Å². The number of guanidine groups is 1. The van der Waals surface area contributed by atoms with Gasteiger partial charge in [0.15, 0.2) is 11.7 Å². The van der Waals surface area contributed by atoms with E-state index < -0.39 is 0 Å². The Morgan fingerprint density at radius 2 is 2.57 bits per heavy atom. The number of aromatic nitrogens is 1. The van der Waals surface area contributed by atoms with Crippen molar-refractivity contribution in [3.63, 3.8) is 0 Å². The molecule has 1 aromatic heterocycles. The summed E-state index contributed by atoms with van der Waals surface area (Å²) in [6.45, 7) is 2.33. The maximum absolute atomic E-state index is 5.65. The fraction of sp³-hybridized carbons (Fsp3) is 0.556. The third-order valence-electron chi connectivity index (χ3n) is 2.01. The smallest absolute Gasteiger partial charge is 0.189 e. The van der Waals surface area contributed by atoms with Gasteiger partial charge in [-0.05, 0) is 19.8 Å². The molecule has 0 radical (unpaired) electrons. The van der Waals surface area contributed by atoms with Gasteiger partial charge < -0.3 is 15.6 Å². The predicted molar refractivity (Wildman–Crippen MR) is 52.7 cm³/mol. The Kier molecular flexibility index (Phi) is 2.39. The monoisotopic (exact) mass is 194 g/mol. The Labute approximate surface area is 82.4 Å². The minimum atomic E-state index is 0.451. The second-order valence-electron chi connectivity index (χ2n) is 3.55. The maximum Gasteiger partial charge on any atom is 0.189 e. The van der Waals surface area contributed by atoms with Crippen LogP contribution in [0.2, 0.25) is 0 Å². The number of nitrogens with two attached hydrogens (primary N) is 1. The van der Waals surface area contributed by atoms with Gasteiger partial charge in [-0.1, -0.05) is 5.16 Å². The first kappa shape index (κ1) is 9.05. The number of aliphatic imine (C=N–C) groups is 1. The van der Waals surface area contributed by atoms with Crippen molar-refractivity contribution in [3.8, 4) is 0 Å². The van der Waals surface area contributed by atoms with E-state index in [-0.39, 0.29) is 0 Å². The van der Waals surface area contributed by atoms with Crippen LogP contribution in [0, 0.1) is 6.92 Å². The zero-order valence-electron chi connectivity index (χ0n) is 8.16. The quantitative estimate of drug-likeness (QED) is 0.544. The van der Waals surface area contributed by atoms with E-state index in [9.17, 15) is 0 Å². The summed E-state index contributed by atoms with van der Waals surface area (Å²) < 4.78 is 4.99. The normalized spacial score (nSPS) is 17.1. The Morgan fingerprint density at radius 1 is 1.79 bits per heavy atom. The van der Waals surface area contributed by atoms with E-state index in [1.165, 1.54) is 12.8 Å². The first-order chi connectivity index (χ1) is 6.74. The fourth-order valence-corrected chi connectivity index (χ4v) is 1.14. The molecule has 1 aliphatic carbocycles. The largest absolute Gasteiger partial charge is 0.370 e. The SMILES string of the molecule is Cc1cc(CN=C(N)NC2CC2)on1. The number of hydrogen-bond donors (Lipinski definition) is 2. The van der Waals surface area contributed by atoms with Crippen LogP contribution >= 0.6 is 0 Å².